The van der Waals surface area contributed by atoms with E-state index in [1.165, 1.54) is 0 Å². The van der Waals surface area contributed by atoms with Gasteiger partial charge in [0.05, 0.1) is 7.11 Å². The first-order chi connectivity index (χ1) is 4.75. The minimum atomic E-state index is -0.810. The molecule has 0 unspecified atom stereocenters. The number of H-pyrrole nitrogens is 1. The maximum atomic E-state index is 10.5. The highest BCUT2D eigenvalue weighted by molar-refractivity contribution is 5.86. The molecule has 0 saturated heterocycles. The molecule has 6 nitrogen and oxygen atoms in total. The lowest BCUT2D eigenvalue weighted by Crippen LogP contribution is -2.14. The van der Waals surface area contributed by atoms with Crippen molar-refractivity contribution in [1.82, 2.24) is 10.3 Å². The van der Waals surface area contributed by atoms with Crippen molar-refractivity contribution in [3.63, 3.8) is 0 Å². The normalized spacial score (nSPS) is 9.30. The fourth-order valence-electron chi connectivity index (χ4n) is 0.426. The fourth-order valence-corrected chi connectivity index (χ4v) is 0.426. The van der Waals surface area contributed by atoms with Crippen LogP contribution in [-0.4, -0.2) is 23.4 Å². The van der Waals surface area contributed by atoms with Crippen LogP contribution in [0.3, 0.4) is 0 Å². The third-order valence-corrected chi connectivity index (χ3v) is 0.869. The Hall–Kier alpha value is -1.59. The van der Waals surface area contributed by atoms with Crippen LogP contribution in [0.1, 0.15) is 10.5 Å². The van der Waals surface area contributed by atoms with Gasteiger partial charge in [-0.25, -0.2) is 4.79 Å². The first kappa shape index (κ1) is 6.53. The van der Waals surface area contributed by atoms with E-state index in [0.29, 0.717) is 0 Å². The van der Waals surface area contributed by atoms with Crippen molar-refractivity contribution in [3.05, 3.63) is 16.0 Å². The molecule has 6 heteroatoms. The van der Waals surface area contributed by atoms with Crippen molar-refractivity contribution >= 4 is 5.97 Å². The Morgan fingerprint density at radius 1 is 1.80 bits per heavy atom. The molecule has 1 rings (SSSR count). The lowest BCUT2D eigenvalue weighted by Gasteiger charge is -1.86. The zero-order valence-electron chi connectivity index (χ0n) is 5.08. The molecular formula is C4H4N2O4. The quantitative estimate of drug-likeness (QED) is 0.519. The minimum Gasteiger partial charge on any atom is -0.464 e. The number of carbonyl (C=O) groups excluding carboxylic acids is 1. The number of aromatic amines is 1. The molecule has 0 aromatic carbocycles. The van der Waals surface area contributed by atoms with Crippen molar-refractivity contribution in [2.24, 2.45) is 0 Å². The average molecular weight is 144 g/mol. The molecule has 0 fully saturated rings. The molecule has 10 heavy (non-hydrogen) atoms. The van der Waals surface area contributed by atoms with Crippen molar-refractivity contribution in [3.8, 4) is 0 Å². The number of methoxy groups -OCH3 is 1. The number of esters is 1. The van der Waals surface area contributed by atoms with Gasteiger partial charge in [-0.1, -0.05) is 0 Å². The van der Waals surface area contributed by atoms with Gasteiger partial charge in [-0.05, 0) is 5.16 Å². The van der Waals surface area contributed by atoms with E-state index in [1.54, 1.807) is 0 Å². The van der Waals surface area contributed by atoms with E-state index in [9.17, 15) is 9.59 Å². The summed E-state index contributed by atoms with van der Waals surface area (Å²) in [5.41, 5.74) is -1.06. The summed E-state index contributed by atoms with van der Waals surface area (Å²) in [5.74, 6) is -0.810. The molecule has 0 radical (unpaired) electrons. The maximum absolute atomic E-state index is 10.5. The van der Waals surface area contributed by atoms with E-state index in [4.69, 9.17) is 0 Å². The largest absolute Gasteiger partial charge is 0.464 e. The number of hydrogen-bond donors (Lipinski definition) is 1. The van der Waals surface area contributed by atoms with Crippen LogP contribution in [0.4, 0.5) is 0 Å². The van der Waals surface area contributed by atoms with Crippen molar-refractivity contribution in [2.45, 2.75) is 0 Å². The van der Waals surface area contributed by atoms with E-state index < -0.39 is 11.5 Å². The van der Waals surface area contributed by atoms with Gasteiger partial charge < -0.3 is 4.74 Å². The predicted octanol–water partition coefficient (Wildman–Crippen LogP) is -0.851. The monoisotopic (exact) mass is 144 g/mol. The van der Waals surface area contributed by atoms with Gasteiger partial charge in [0.25, 0.3) is 5.69 Å². The molecule has 0 atom stereocenters. The summed E-state index contributed by atoms with van der Waals surface area (Å²) in [6.45, 7) is 0. The molecule has 0 saturated carbocycles. The highest BCUT2D eigenvalue weighted by Crippen LogP contribution is 1.85. The summed E-state index contributed by atoms with van der Waals surface area (Å²) in [6.07, 6.45) is 0. The molecule has 1 heterocycles. The molecule has 0 spiro atoms. The van der Waals surface area contributed by atoms with Gasteiger partial charge in [0, 0.05) is 0 Å². The predicted molar refractivity (Wildman–Crippen MR) is 28.5 cm³/mol. The van der Waals surface area contributed by atoms with Crippen LogP contribution in [0.5, 0.6) is 0 Å². The summed E-state index contributed by atoms with van der Waals surface area (Å²) < 4.78 is 8.27. The number of ether oxygens (including phenoxy) is 1. The number of hydrogen-bond acceptors (Lipinski definition) is 5. The summed E-state index contributed by atoms with van der Waals surface area (Å²) in [7, 11) is 1.15. The van der Waals surface area contributed by atoms with Crippen LogP contribution in [0, 0.1) is 0 Å². The van der Waals surface area contributed by atoms with E-state index in [1.807, 2.05) is 5.16 Å². The number of carbonyl (C=O) groups is 1. The molecule has 0 aliphatic carbocycles. The number of aromatic nitrogens is 2. The van der Waals surface area contributed by atoms with Crippen LogP contribution < -0.4 is 5.56 Å². The standard InChI is InChI=1S/C4H4N2O4/c1-9-4(8)2-3(7)6-10-5-2/h1H3,(H,6,7). The van der Waals surface area contributed by atoms with Gasteiger partial charge in [-0.2, -0.15) is 5.16 Å². The van der Waals surface area contributed by atoms with Crippen molar-refractivity contribution < 1.29 is 14.2 Å². The van der Waals surface area contributed by atoms with E-state index in [-0.39, 0.29) is 5.69 Å². The van der Waals surface area contributed by atoms with E-state index in [2.05, 4.69) is 14.5 Å². The Balaban J connectivity index is 3.05. The van der Waals surface area contributed by atoms with Gasteiger partial charge in [0.15, 0.2) is 0 Å². The summed E-state index contributed by atoms with van der Waals surface area (Å²) in [6, 6.07) is 0. The van der Waals surface area contributed by atoms with Gasteiger partial charge in [-0.15, -0.1) is 0 Å². The van der Waals surface area contributed by atoms with Crippen LogP contribution in [0.2, 0.25) is 0 Å². The zero-order valence-corrected chi connectivity index (χ0v) is 5.08. The van der Waals surface area contributed by atoms with Crippen molar-refractivity contribution in [1.29, 1.82) is 0 Å². The Morgan fingerprint density at radius 3 is 2.90 bits per heavy atom. The first-order valence-electron chi connectivity index (χ1n) is 2.38. The molecule has 0 aliphatic heterocycles. The maximum Gasteiger partial charge on any atom is 0.366 e. The van der Waals surface area contributed by atoms with Gasteiger partial charge >= 0.3 is 11.5 Å². The lowest BCUT2D eigenvalue weighted by molar-refractivity contribution is 0.0587. The molecule has 54 valence electrons. The van der Waals surface area contributed by atoms with Gasteiger partial charge in [-0.3, -0.25) is 9.42 Å². The third kappa shape index (κ3) is 0.903. The molecule has 0 bridgehead atoms. The molecule has 0 aliphatic rings. The van der Waals surface area contributed by atoms with Crippen LogP contribution in [0.15, 0.2) is 9.42 Å². The molecule has 1 N–H and O–H groups in total. The smallest absolute Gasteiger partial charge is 0.366 e. The van der Waals surface area contributed by atoms with Crippen LogP contribution in [0.25, 0.3) is 0 Å². The lowest BCUT2D eigenvalue weighted by atomic mass is 10.5. The molecular weight excluding hydrogens is 140 g/mol. The Kier molecular flexibility index (Phi) is 1.53. The SMILES string of the molecule is COC(=O)c1no[nH]c1=O. The molecule has 1 aromatic heterocycles. The second kappa shape index (κ2) is 2.34. The fraction of sp³-hybridized carbons (Fsp3) is 0.250. The average Bonchev–Trinajstić information content (AvgIpc) is 2.34. The second-order valence-electron chi connectivity index (χ2n) is 1.45. The van der Waals surface area contributed by atoms with Crippen LogP contribution >= 0.6 is 0 Å². The zero-order chi connectivity index (χ0) is 7.56. The highest BCUT2D eigenvalue weighted by Gasteiger charge is 2.14. The Labute approximate surface area is 54.7 Å². The van der Waals surface area contributed by atoms with E-state index >= 15 is 0 Å². The second-order valence-corrected chi connectivity index (χ2v) is 1.45. The first-order valence-corrected chi connectivity index (χ1v) is 2.38. The topological polar surface area (TPSA) is 85.2 Å². The van der Waals surface area contributed by atoms with Gasteiger partial charge in [0.1, 0.15) is 0 Å². The Morgan fingerprint density at radius 2 is 2.50 bits per heavy atom. The third-order valence-electron chi connectivity index (χ3n) is 0.869. The Bertz CT molecular complexity index is 285. The van der Waals surface area contributed by atoms with E-state index in [0.717, 1.165) is 7.11 Å². The van der Waals surface area contributed by atoms with Crippen molar-refractivity contribution in [2.75, 3.05) is 7.11 Å². The van der Waals surface area contributed by atoms with Crippen LogP contribution in [-0.2, 0) is 4.74 Å². The summed E-state index contributed by atoms with van der Waals surface area (Å²) in [5, 5.41) is 4.91. The highest BCUT2D eigenvalue weighted by atomic mass is 16.6. The molecule has 1 aromatic rings. The molecule has 0 amide bonds. The van der Waals surface area contributed by atoms with Gasteiger partial charge in [0.2, 0.25) is 0 Å². The summed E-state index contributed by atoms with van der Waals surface area (Å²) in [4.78, 5) is 21.0. The number of nitrogens with one attached hydrogen (secondary N) is 1. The minimum absolute atomic E-state index is 0.373. The number of rotatable bonds is 1. The number of nitrogens with zero attached hydrogens (tertiary/aromatic N) is 1. The summed E-state index contributed by atoms with van der Waals surface area (Å²) >= 11 is 0.